The van der Waals surface area contributed by atoms with Crippen molar-refractivity contribution in [1.29, 1.82) is 0 Å². The van der Waals surface area contributed by atoms with Gasteiger partial charge in [-0.2, -0.15) is 5.10 Å². The van der Waals surface area contributed by atoms with E-state index < -0.39 is 0 Å². The van der Waals surface area contributed by atoms with E-state index in [-0.39, 0.29) is 11.7 Å². The number of amides is 1. The molecule has 8 nitrogen and oxygen atoms in total. The normalized spacial score (nSPS) is 11.1. The van der Waals surface area contributed by atoms with Crippen molar-refractivity contribution in [3.63, 3.8) is 0 Å². The average Bonchev–Trinajstić information content (AvgIpc) is 3.57. The molecule has 0 spiro atoms. The fraction of sp³-hybridized carbons (Fsp3) is 0.185. The van der Waals surface area contributed by atoms with Gasteiger partial charge in [0.25, 0.3) is 0 Å². The Morgan fingerprint density at radius 3 is 2.50 bits per heavy atom. The van der Waals surface area contributed by atoms with Crippen LogP contribution in [0.2, 0.25) is 0 Å². The maximum absolute atomic E-state index is 12.9. The fourth-order valence-electron chi connectivity index (χ4n) is 3.90. The Balaban J connectivity index is 1.35. The third-order valence-corrected chi connectivity index (χ3v) is 6.68. The molecule has 36 heavy (non-hydrogen) atoms. The lowest BCUT2D eigenvalue weighted by atomic mass is 10.2. The minimum atomic E-state index is -0.149. The number of nitrogens with zero attached hydrogens (tertiary/aromatic N) is 5. The van der Waals surface area contributed by atoms with Gasteiger partial charge in [-0.05, 0) is 44.5 Å². The first-order chi connectivity index (χ1) is 17.5. The van der Waals surface area contributed by atoms with E-state index in [1.807, 2.05) is 79.9 Å². The van der Waals surface area contributed by atoms with Crippen LogP contribution in [0.25, 0.3) is 17.1 Å². The van der Waals surface area contributed by atoms with Gasteiger partial charge in [0.05, 0.1) is 35.5 Å². The second-order valence-corrected chi connectivity index (χ2v) is 9.47. The lowest BCUT2D eigenvalue weighted by molar-refractivity contribution is -0.113. The second kappa shape index (κ2) is 10.2. The van der Waals surface area contributed by atoms with Gasteiger partial charge in [-0.15, -0.1) is 10.2 Å². The van der Waals surface area contributed by atoms with E-state index in [4.69, 9.17) is 4.42 Å². The van der Waals surface area contributed by atoms with Crippen LogP contribution in [-0.4, -0.2) is 36.2 Å². The SMILES string of the molecule is Cc1ccc(-n2nc(C)cc2NC(=O)CSc2nnc(-c3ccoc3C)n2Cc2ccccc2)cc1. The van der Waals surface area contributed by atoms with Crippen LogP contribution in [0.3, 0.4) is 0 Å². The molecule has 0 atom stereocenters. The maximum Gasteiger partial charge on any atom is 0.236 e. The molecule has 1 N–H and O–H groups in total. The van der Waals surface area contributed by atoms with Crippen molar-refractivity contribution < 1.29 is 9.21 Å². The molecule has 0 aliphatic rings. The molecular weight excluding hydrogens is 472 g/mol. The van der Waals surface area contributed by atoms with E-state index in [1.165, 1.54) is 11.8 Å². The number of anilines is 1. The number of carbonyl (C=O) groups is 1. The van der Waals surface area contributed by atoms with Gasteiger partial charge in [0.1, 0.15) is 11.6 Å². The van der Waals surface area contributed by atoms with Gasteiger partial charge >= 0.3 is 0 Å². The summed E-state index contributed by atoms with van der Waals surface area (Å²) >= 11 is 1.35. The van der Waals surface area contributed by atoms with Crippen molar-refractivity contribution in [1.82, 2.24) is 24.5 Å². The van der Waals surface area contributed by atoms with E-state index in [0.29, 0.717) is 23.3 Å². The summed E-state index contributed by atoms with van der Waals surface area (Å²) in [5, 5.41) is 17.0. The number of carbonyl (C=O) groups excluding carboxylic acids is 1. The molecule has 182 valence electrons. The highest BCUT2D eigenvalue weighted by Crippen LogP contribution is 2.28. The van der Waals surface area contributed by atoms with E-state index in [9.17, 15) is 4.79 Å². The third kappa shape index (κ3) is 5.11. The van der Waals surface area contributed by atoms with E-state index in [0.717, 1.165) is 33.8 Å². The van der Waals surface area contributed by atoms with Crippen LogP contribution in [-0.2, 0) is 11.3 Å². The zero-order valence-corrected chi connectivity index (χ0v) is 21.1. The number of aryl methyl sites for hydroxylation is 3. The molecule has 0 unspecified atom stereocenters. The van der Waals surface area contributed by atoms with Crippen molar-refractivity contribution in [2.75, 3.05) is 11.1 Å². The Bertz CT molecular complexity index is 1480. The van der Waals surface area contributed by atoms with Gasteiger partial charge in [0.15, 0.2) is 11.0 Å². The van der Waals surface area contributed by atoms with Crippen molar-refractivity contribution in [3.8, 4) is 17.1 Å². The number of benzene rings is 2. The number of rotatable bonds is 8. The largest absolute Gasteiger partial charge is 0.469 e. The van der Waals surface area contributed by atoms with E-state index >= 15 is 0 Å². The molecule has 5 aromatic rings. The first-order valence-corrected chi connectivity index (χ1v) is 12.5. The molecular formula is C27H26N6O2S. The van der Waals surface area contributed by atoms with Crippen LogP contribution in [0.15, 0.2) is 82.6 Å². The molecule has 0 saturated heterocycles. The highest BCUT2D eigenvalue weighted by Gasteiger charge is 2.19. The molecule has 3 heterocycles. The molecule has 0 fully saturated rings. The van der Waals surface area contributed by atoms with Gasteiger partial charge in [0.2, 0.25) is 5.91 Å². The van der Waals surface area contributed by atoms with Crippen LogP contribution in [0, 0.1) is 20.8 Å². The van der Waals surface area contributed by atoms with Crippen molar-refractivity contribution in [3.05, 3.63) is 95.6 Å². The highest BCUT2D eigenvalue weighted by atomic mass is 32.2. The minimum Gasteiger partial charge on any atom is -0.469 e. The number of thioether (sulfide) groups is 1. The smallest absolute Gasteiger partial charge is 0.236 e. The van der Waals surface area contributed by atoms with Gasteiger partial charge < -0.3 is 9.73 Å². The predicted molar refractivity (Wildman–Crippen MR) is 140 cm³/mol. The molecule has 0 saturated carbocycles. The Hall–Kier alpha value is -4.11. The van der Waals surface area contributed by atoms with Crippen LogP contribution in [0.1, 0.15) is 22.6 Å². The Kier molecular flexibility index (Phi) is 6.73. The molecule has 9 heteroatoms. The summed E-state index contributed by atoms with van der Waals surface area (Å²) in [4.78, 5) is 12.9. The van der Waals surface area contributed by atoms with Crippen molar-refractivity contribution in [2.45, 2.75) is 32.5 Å². The third-order valence-electron chi connectivity index (χ3n) is 5.71. The van der Waals surface area contributed by atoms with E-state index in [1.54, 1.807) is 10.9 Å². The summed E-state index contributed by atoms with van der Waals surface area (Å²) in [6, 6.07) is 21.9. The van der Waals surface area contributed by atoms with Crippen LogP contribution in [0.5, 0.6) is 0 Å². The van der Waals surface area contributed by atoms with Crippen LogP contribution in [0.4, 0.5) is 5.82 Å². The van der Waals surface area contributed by atoms with Crippen LogP contribution < -0.4 is 5.32 Å². The summed E-state index contributed by atoms with van der Waals surface area (Å²) in [6.07, 6.45) is 1.64. The minimum absolute atomic E-state index is 0.149. The summed E-state index contributed by atoms with van der Waals surface area (Å²) in [6.45, 7) is 6.42. The van der Waals surface area contributed by atoms with Crippen molar-refractivity contribution >= 4 is 23.5 Å². The monoisotopic (exact) mass is 498 g/mol. The fourth-order valence-corrected chi connectivity index (χ4v) is 4.64. The zero-order chi connectivity index (χ0) is 25.1. The van der Waals surface area contributed by atoms with Gasteiger partial charge in [0, 0.05) is 6.07 Å². The lowest BCUT2D eigenvalue weighted by Gasteiger charge is -2.11. The van der Waals surface area contributed by atoms with Gasteiger partial charge in [-0.25, -0.2) is 4.68 Å². The summed E-state index contributed by atoms with van der Waals surface area (Å²) in [5.74, 6) is 2.13. The summed E-state index contributed by atoms with van der Waals surface area (Å²) in [5.41, 5.74) is 4.87. The topological polar surface area (TPSA) is 90.8 Å². The molecule has 3 aromatic heterocycles. The molecule has 0 bridgehead atoms. The zero-order valence-electron chi connectivity index (χ0n) is 20.3. The second-order valence-electron chi connectivity index (χ2n) is 8.52. The number of hydrogen-bond acceptors (Lipinski definition) is 6. The van der Waals surface area contributed by atoms with Gasteiger partial charge in [-0.1, -0.05) is 59.8 Å². The Labute approximate surface area is 213 Å². The number of hydrogen-bond donors (Lipinski definition) is 1. The Morgan fingerprint density at radius 2 is 1.78 bits per heavy atom. The molecule has 2 aromatic carbocycles. The number of aromatic nitrogens is 5. The molecule has 5 rings (SSSR count). The van der Waals surface area contributed by atoms with Gasteiger partial charge in [-0.3, -0.25) is 9.36 Å². The first-order valence-electron chi connectivity index (χ1n) is 11.6. The first kappa shape index (κ1) is 23.6. The molecule has 1 amide bonds. The summed E-state index contributed by atoms with van der Waals surface area (Å²) < 4.78 is 9.26. The molecule has 0 radical (unpaired) electrons. The lowest BCUT2D eigenvalue weighted by Crippen LogP contribution is -2.17. The van der Waals surface area contributed by atoms with Crippen molar-refractivity contribution in [2.24, 2.45) is 0 Å². The quantitative estimate of drug-likeness (QED) is 0.287. The number of furan rings is 1. The van der Waals surface area contributed by atoms with E-state index in [2.05, 4.69) is 32.7 Å². The molecule has 0 aliphatic heterocycles. The Morgan fingerprint density at radius 1 is 1.00 bits per heavy atom. The molecule has 0 aliphatic carbocycles. The average molecular weight is 499 g/mol. The number of nitrogens with one attached hydrogen (secondary N) is 1. The highest BCUT2D eigenvalue weighted by molar-refractivity contribution is 7.99. The standard InChI is InChI=1S/C27H26N6O2S/c1-18-9-11-22(12-10-18)33-24(15-19(2)31-33)28-25(34)17-36-27-30-29-26(23-13-14-35-20(23)3)32(27)16-21-7-5-4-6-8-21/h4-15H,16-17H2,1-3H3,(H,28,34). The van der Waals surface area contributed by atoms with Crippen LogP contribution >= 0.6 is 11.8 Å². The maximum atomic E-state index is 12.9. The predicted octanol–water partition coefficient (Wildman–Crippen LogP) is 5.43. The summed E-state index contributed by atoms with van der Waals surface area (Å²) in [7, 11) is 0.